The predicted molar refractivity (Wildman–Crippen MR) is 105 cm³/mol. The maximum atomic E-state index is 3.82. The predicted octanol–water partition coefficient (Wildman–Crippen LogP) is 4.63. The van der Waals surface area contributed by atoms with Gasteiger partial charge in [0.2, 0.25) is 0 Å². The van der Waals surface area contributed by atoms with Gasteiger partial charge in [-0.3, -0.25) is 9.80 Å². The van der Waals surface area contributed by atoms with Crippen LogP contribution in [0.15, 0.2) is 54.6 Å². The molecule has 0 saturated carbocycles. The van der Waals surface area contributed by atoms with Crippen LogP contribution in [-0.2, 0) is 6.42 Å². The first-order chi connectivity index (χ1) is 12.9. The SMILES string of the molecule is c1ccc(C2N3CCc4c([nH]c5ccccc45)C3[C@H]3CCCCN23)cc1. The Kier molecular flexibility index (Phi) is 3.29. The molecule has 3 aliphatic heterocycles. The molecule has 3 nitrogen and oxygen atoms in total. The van der Waals surface area contributed by atoms with Gasteiger partial charge in [0.15, 0.2) is 0 Å². The number of nitrogens with zero attached hydrogens (tertiary/aromatic N) is 2. The number of H-pyrrole nitrogens is 1. The molecule has 2 fully saturated rings. The molecular weight excluding hydrogens is 318 g/mol. The number of fused-ring (bicyclic) bond motifs is 7. The number of nitrogens with one attached hydrogen (secondary N) is 1. The van der Waals surface area contributed by atoms with Crippen LogP contribution in [0.3, 0.4) is 0 Å². The smallest absolute Gasteiger partial charge is 0.0895 e. The second-order valence-electron chi connectivity index (χ2n) is 8.08. The highest BCUT2D eigenvalue weighted by molar-refractivity contribution is 5.85. The minimum atomic E-state index is 0.436. The maximum absolute atomic E-state index is 3.82. The fourth-order valence-electron chi connectivity index (χ4n) is 5.80. The standard InChI is InChI=1S/C23H25N3/c1-2-8-16(9-3-1)23-25-14-7-6-12-20(25)22-21-18(13-15-26(22)23)17-10-4-5-11-19(17)24-21/h1-5,8-11,20,22-24H,6-7,12-15H2/t20-,22?,23?/m1/s1. The highest BCUT2D eigenvalue weighted by Gasteiger charge is 2.51. The van der Waals surface area contributed by atoms with E-state index in [-0.39, 0.29) is 0 Å². The van der Waals surface area contributed by atoms with E-state index in [9.17, 15) is 0 Å². The summed E-state index contributed by atoms with van der Waals surface area (Å²) >= 11 is 0. The number of benzene rings is 2. The van der Waals surface area contributed by atoms with E-state index in [1.54, 1.807) is 5.56 Å². The van der Waals surface area contributed by atoms with E-state index in [0.717, 1.165) is 13.0 Å². The molecule has 3 aliphatic rings. The first-order valence-corrected chi connectivity index (χ1v) is 10.1. The fraction of sp³-hybridized carbons (Fsp3) is 0.391. The van der Waals surface area contributed by atoms with Gasteiger partial charge in [-0.05, 0) is 36.5 Å². The number of hydrogen-bond acceptors (Lipinski definition) is 2. The Morgan fingerprint density at radius 3 is 2.62 bits per heavy atom. The Balaban J connectivity index is 1.51. The topological polar surface area (TPSA) is 22.3 Å². The van der Waals surface area contributed by atoms with E-state index in [2.05, 4.69) is 69.4 Å². The molecular formula is C23H25N3. The molecule has 3 heteroatoms. The lowest BCUT2D eigenvalue weighted by atomic mass is 9.90. The third-order valence-electron chi connectivity index (χ3n) is 6.80. The van der Waals surface area contributed by atoms with Crippen LogP contribution in [0.2, 0.25) is 0 Å². The second kappa shape index (κ2) is 5.70. The number of piperidine rings is 1. The monoisotopic (exact) mass is 343 g/mol. The van der Waals surface area contributed by atoms with Crippen molar-refractivity contribution in [1.29, 1.82) is 0 Å². The van der Waals surface area contributed by atoms with Crippen LogP contribution in [0.25, 0.3) is 10.9 Å². The fourth-order valence-corrected chi connectivity index (χ4v) is 5.80. The quantitative estimate of drug-likeness (QED) is 0.696. The van der Waals surface area contributed by atoms with Crippen molar-refractivity contribution in [2.24, 2.45) is 0 Å². The van der Waals surface area contributed by atoms with E-state index in [1.165, 1.54) is 48.0 Å². The molecule has 1 aromatic heterocycles. The van der Waals surface area contributed by atoms with Gasteiger partial charge < -0.3 is 4.98 Å². The van der Waals surface area contributed by atoms with E-state index >= 15 is 0 Å². The Labute approximate surface area is 154 Å². The van der Waals surface area contributed by atoms with Gasteiger partial charge in [0.05, 0.1) is 12.2 Å². The number of hydrogen-bond donors (Lipinski definition) is 1. The second-order valence-corrected chi connectivity index (χ2v) is 8.08. The number of aromatic amines is 1. The molecule has 3 atom stereocenters. The Morgan fingerprint density at radius 2 is 1.69 bits per heavy atom. The largest absolute Gasteiger partial charge is 0.357 e. The zero-order valence-corrected chi connectivity index (χ0v) is 15.1. The summed E-state index contributed by atoms with van der Waals surface area (Å²) in [6.07, 6.45) is 5.60. The summed E-state index contributed by atoms with van der Waals surface area (Å²) in [7, 11) is 0. The van der Waals surface area contributed by atoms with Gasteiger partial charge in [0.25, 0.3) is 0 Å². The van der Waals surface area contributed by atoms with Crippen LogP contribution in [0.4, 0.5) is 0 Å². The van der Waals surface area contributed by atoms with Crippen molar-refractivity contribution in [3.8, 4) is 0 Å². The van der Waals surface area contributed by atoms with Gasteiger partial charge in [-0.15, -0.1) is 0 Å². The van der Waals surface area contributed by atoms with Crippen LogP contribution < -0.4 is 0 Å². The average molecular weight is 343 g/mol. The van der Waals surface area contributed by atoms with Gasteiger partial charge in [-0.25, -0.2) is 0 Å². The van der Waals surface area contributed by atoms with Gasteiger partial charge in [-0.1, -0.05) is 55.0 Å². The van der Waals surface area contributed by atoms with E-state index < -0.39 is 0 Å². The van der Waals surface area contributed by atoms with Gasteiger partial charge in [0, 0.05) is 35.7 Å². The third-order valence-corrected chi connectivity index (χ3v) is 6.80. The number of aromatic nitrogens is 1. The van der Waals surface area contributed by atoms with Crippen LogP contribution >= 0.6 is 0 Å². The van der Waals surface area contributed by atoms with Crippen molar-refractivity contribution in [3.05, 3.63) is 71.4 Å². The molecule has 0 aliphatic carbocycles. The summed E-state index contributed by atoms with van der Waals surface area (Å²) in [5.74, 6) is 0. The Bertz CT molecular complexity index is 945. The molecule has 0 spiro atoms. The first kappa shape index (κ1) is 15.0. The lowest BCUT2D eigenvalue weighted by molar-refractivity contribution is 0.0977. The van der Waals surface area contributed by atoms with Gasteiger partial charge in [0.1, 0.15) is 0 Å². The molecule has 3 aromatic rings. The average Bonchev–Trinajstić information content (AvgIpc) is 3.24. The molecule has 26 heavy (non-hydrogen) atoms. The third kappa shape index (κ3) is 2.02. The molecule has 132 valence electrons. The number of rotatable bonds is 1. The zero-order chi connectivity index (χ0) is 17.1. The Morgan fingerprint density at radius 1 is 0.846 bits per heavy atom. The molecule has 2 unspecified atom stereocenters. The summed E-state index contributed by atoms with van der Waals surface area (Å²) in [5.41, 5.74) is 5.83. The molecule has 1 N–H and O–H groups in total. The molecule has 0 radical (unpaired) electrons. The highest BCUT2D eigenvalue weighted by atomic mass is 15.5. The van der Waals surface area contributed by atoms with Crippen molar-refractivity contribution in [2.75, 3.05) is 13.1 Å². The van der Waals surface area contributed by atoms with Crippen LogP contribution in [0.1, 0.15) is 48.3 Å². The minimum absolute atomic E-state index is 0.436. The van der Waals surface area contributed by atoms with E-state index in [4.69, 9.17) is 0 Å². The zero-order valence-electron chi connectivity index (χ0n) is 15.1. The van der Waals surface area contributed by atoms with E-state index in [1.807, 2.05) is 0 Å². The minimum Gasteiger partial charge on any atom is -0.357 e. The first-order valence-electron chi connectivity index (χ1n) is 10.1. The van der Waals surface area contributed by atoms with Crippen molar-refractivity contribution >= 4 is 10.9 Å². The lowest BCUT2D eigenvalue weighted by Crippen LogP contribution is -2.38. The van der Waals surface area contributed by atoms with Crippen molar-refractivity contribution < 1.29 is 0 Å². The molecule has 4 heterocycles. The van der Waals surface area contributed by atoms with Crippen molar-refractivity contribution in [2.45, 2.75) is 43.9 Å². The van der Waals surface area contributed by atoms with E-state index in [0.29, 0.717) is 18.2 Å². The maximum Gasteiger partial charge on any atom is 0.0895 e. The summed E-state index contributed by atoms with van der Waals surface area (Å²) in [5, 5.41) is 1.44. The molecule has 2 aromatic carbocycles. The van der Waals surface area contributed by atoms with Gasteiger partial charge in [-0.2, -0.15) is 0 Å². The van der Waals surface area contributed by atoms with Crippen LogP contribution in [0, 0.1) is 0 Å². The summed E-state index contributed by atoms with van der Waals surface area (Å²) in [6, 6.07) is 21.2. The summed E-state index contributed by atoms with van der Waals surface area (Å²) in [4.78, 5) is 9.40. The van der Waals surface area contributed by atoms with Crippen LogP contribution in [0.5, 0.6) is 0 Å². The molecule has 0 bridgehead atoms. The van der Waals surface area contributed by atoms with Crippen molar-refractivity contribution in [1.82, 2.24) is 14.8 Å². The lowest BCUT2D eigenvalue weighted by Gasteiger charge is -2.35. The highest BCUT2D eigenvalue weighted by Crippen LogP contribution is 2.51. The molecule has 2 saturated heterocycles. The summed E-state index contributed by atoms with van der Waals surface area (Å²) in [6.45, 7) is 2.39. The van der Waals surface area contributed by atoms with Gasteiger partial charge >= 0.3 is 0 Å². The Hall–Kier alpha value is -2.10. The normalized spacial score (nSPS) is 28.7. The molecule has 0 amide bonds. The van der Waals surface area contributed by atoms with Crippen molar-refractivity contribution in [3.63, 3.8) is 0 Å². The van der Waals surface area contributed by atoms with Crippen LogP contribution in [-0.4, -0.2) is 33.9 Å². The number of para-hydroxylation sites is 1. The summed E-state index contributed by atoms with van der Waals surface area (Å²) < 4.78 is 0. The molecule has 6 rings (SSSR count).